The molecule has 2 unspecified atom stereocenters. The van der Waals surface area contributed by atoms with Crippen molar-refractivity contribution in [3.05, 3.63) is 35.4 Å². The van der Waals surface area contributed by atoms with E-state index in [1.165, 1.54) is 0 Å². The van der Waals surface area contributed by atoms with Gasteiger partial charge in [-0.15, -0.1) is 0 Å². The molecule has 0 aliphatic carbocycles. The molecule has 0 saturated heterocycles. The molecule has 0 aliphatic heterocycles. The smallest absolute Gasteiger partial charge is 0.335 e. The van der Waals surface area contributed by atoms with Gasteiger partial charge >= 0.3 is 5.97 Å². The molecule has 0 heterocycles. The molecule has 0 saturated carbocycles. The van der Waals surface area contributed by atoms with E-state index in [2.05, 4.69) is 32.8 Å². The normalized spacial score (nSPS) is 14.2. The van der Waals surface area contributed by atoms with Gasteiger partial charge in [0, 0.05) is 6.04 Å². The van der Waals surface area contributed by atoms with E-state index in [-0.39, 0.29) is 0 Å². The van der Waals surface area contributed by atoms with Gasteiger partial charge in [-0.25, -0.2) is 4.79 Å². The van der Waals surface area contributed by atoms with Gasteiger partial charge in [-0.2, -0.15) is 0 Å². The summed E-state index contributed by atoms with van der Waals surface area (Å²) in [5.74, 6) is -0.294. The third-order valence-corrected chi connectivity index (χ3v) is 4.14. The predicted octanol–water partition coefficient (Wildman–Crippen LogP) is 3.68. The number of benzene rings is 1. The Morgan fingerprint density at radius 2 is 1.85 bits per heavy atom. The summed E-state index contributed by atoms with van der Waals surface area (Å²) in [6.45, 7) is 4.40. The van der Waals surface area contributed by atoms with Crippen LogP contribution in [0.3, 0.4) is 0 Å². The second-order valence-electron chi connectivity index (χ2n) is 5.70. The Morgan fingerprint density at radius 1 is 1.20 bits per heavy atom. The lowest BCUT2D eigenvalue weighted by Gasteiger charge is -2.27. The molecule has 112 valence electrons. The highest BCUT2D eigenvalue weighted by molar-refractivity contribution is 5.89. The van der Waals surface area contributed by atoms with E-state index in [1.807, 2.05) is 12.1 Å². The Hall–Kier alpha value is -1.35. The van der Waals surface area contributed by atoms with Crippen LogP contribution in [0.15, 0.2) is 24.3 Å². The fourth-order valence-corrected chi connectivity index (χ4v) is 2.74. The number of hydrogen-bond donors (Lipinski definition) is 1. The first-order valence-corrected chi connectivity index (χ1v) is 7.47. The van der Waals surface area contributed by atoms with E-state index in [0.29, 0.717) is 17.5 Å². The van der Waals surface area contributed by atoms with E-state index in [0.717, 1.165) is 31.2 Å². The molecule has 1 aromatic carbocycles. The molecule has 3 nitrogen and oxygen atoms in total. The zero-order valence-electron chi connectivity index (χ0n) is 13.1. The van der Waals surface area contributed by atoms with Crippen LogP contribution in [0.25, 0.3) is 0 Å². The summed E-state index contributed by atoms with van der Waals surface area (Å²) in [5, 5.41) is 9.26. The van der Waals surface area contributed by atoms with Crippen molar-refractivity contribution in [1.29, 1.82) is 0 Å². The predicted molar refractivity (Wildman–Crippen MR) is 83.3 cm³/mol. The molecule has 0 aromatic heterocycles. The molecule has 0 amide bonds. The molecule has 0 aliphatic rings. The third kappa shape index (κ3) is 4.64. The van der Waals surface area contributed by atoms with Gasteiger partial charge < -0.3 is 10.0 Å². The largest absolute Gasteiger partial charge is 0.478 e. The average molecular weight is 277 g/mol. The molecule has 3 heteroatoms. The maximum Gasteiger partial charge on any atom is 0.335 e. The van der Waals surface area contributed by atoms with Gasteiger partial charge in [-0.1, -0.05) is 38.5 Å². The first kappa shape index (κ1) is 16.7. The van der Waals surface area contributed by atoms with Crippen molar-refractivity contribution in [3.8, 4) is 0 Å². The van der Waals surface area contributed by atoms with Crippen LogP contribution in [0.5, 0.6) is 0 Å². The SMILES string of the molecule is CCC(Cc1ccccc1C(=O)O)CC(CC)N(C)C. The molecule has 0 fully saturated rings. The summed E-state index contributed by atoms with van der Waals surface area (Å²) in [7, 11) is 4.23. The van der Waals surface area contributed by atoms with Crippen molar-refractivity contribution in [2.24, 2.45) is 5.92 Å². The highest BCUT2D eigenvalue weighted by Gasteiger charge is 2.18. The van der Waals surface area contributed by atoms with Crippen molar-refractivity contribution in [2.75, 3.05) is 14.1 Å². The highest BCUT2D eigenvalue weighted by atomic mass is 16.4. The van der Waals surface area contributed by atoms with E-state index in [1.54, 1.807) is 12.1 Å². The van der Waals surface area contributed by atoms with Crippen LogP contribution in [0.2, 0.25) is 0 Å². The van der Waals surface area contributed by atoms with Crippen LogP contribution in [-0.4, -0.2) is 36.1 Å². The van der Waals surface area contributed by atoms with Crippen molar-refractivity contribution >= 4 is 5.97 Å². The van der Waals surface area contributed by atoms with Gasteiger partial charge in [0.1, 0.15) is 0 Å². The second kappa shape index (κ2) is 8.05. The van der Waals surface area contributed by atoms with Crippen molar-refractivity contribution in [2.45, 2.75) is 45.6 Å². The van der Waals surface area contributed by atoms with Crippen LogP contribution in [0.1, 0.15) is 49.0 Å². The second-order valence-corrected chi connectivity index (χ2v) is 5.70. The van der Waals surface area contributed by atoms with Gasteiger partial charge in [0.15, 0.2) is 0 Å². The number of carboxylic acid groups (broad SMARTS) is 1. The molecule has 2 atom stereocenters. The van der Waals surface area contributed by atoms with E-state index >= 15 is 0 Å². The lowest BCUT2D eigenvalue weighted by molar-refractivity contribution is 0.0695. The number of nitrogens with zero attached hydrogens (tertiary/aromatic N) is 1. The fourth-order valence-electron chi connectivity index (χ4n) is 2.74. The Balaban J connectivity index is 2.81. The van der Waals surface area contributed by atoms with E-state index < -0.39 is 5.97 Å². The fraction of sp³-hybridized carbons (Fsp3) is 0.588. The molecule has 1 aromatic rings. The highest BCUT2D eigenvalue weighted by Crippen LogP contribution is 2.22. The van der Waals surface area contributed by atoms with Crippen LogP contribution in [0.4, 0.5) is 0 Å². The van der Waals surface area contributed by atoms with Crippen LogP contribution < -0.4 is 0 Å². The van der Waals surface area contributed by atoms with E-state index in [9.17, 15) is 9.90 Å². The van der Waals surface area contributed by atoms with Crippen molar-refractivity contribution < 1.29 is 9.90 Å². The number of aromatic carboxylic acids is 1. The monoisotopic (exact) mass is 277 g/mol. The lowest BCUT2D eigenvalue weighted by Crippen LogP contribution is -2.30. The quantitative estimate of drug-likeness (QED) is 0.788. The number of hydrogen-bond acceptors (Lipinski definition) is 2. The Labute approximate surface area is 122 Å². The first-order chi connectivity index (χ1) is 9.49. The maximum absolute atomic E-state index is 11.3. The lowest BCUT2D eigenvalue weighted by atomic mass is 9.88. The van der Waals surface area contributed by atoms with Crippen LogP contribution in [-0.2, 0) is 6.42 Å². The van der Waals surface area contributed by atoms with E-state index in [4.69, 9.17) is 0 Å². The molecular formula is C17H27NO2. The third-order valence-electron chi connectivity index (χ3n) is 4.14. The minimum Gasteiger partial charge on any atom is -0.478 e. The zero-order chi connectivity index (χ0) is 15.1. The Morgan fingerprint density at radius 3 is 2.35 bits per heavy atom. The maximum atomic E-state index is 11.3. The van der Waals surface area contributed by atoms with Gasteiger partial charge in [0.05, 0.1) is 5.56 Å². The summed E-state index contributed by atoms with van der Waals surface area (Å²) < 4.78 is 0. The zero-order valence-corrected chi connectivity index (χ0v) is 13.1. The molecule has 20 heavy (non-hydrogen) atoms. The molecule has 1 N–H and O–H groups in total. The summed E-state index contributed by atoms with van der Waals surface area (Å²) in [4.78, 5) is 13.5. The van der Waals surface area contributed by atoms with Gasteiger partial charge in [0.25, 0.3) is 0 Å². The van der Waals surface area contributed by atoms with Crippen molar-refractivity contribution in [3.63, 3.8) is 0 Å². The Kier molecular flexibility index (Phi) is 6.73. The van der Waals surface area contributed by atoms with Crippen molar-refractivity contribution in [1.82, 2.24) is 4.90 Å². The van der Waals surface area contributed by atoms with Gasteiger partial charge in [0.2, 0.25) is 0 Å². The average Bonchev–Trinajstić information content (AvgIpc) is 2.43. The topological polar surface area (TPSA) is 40.5 Å². The molecule has 0 spiro atoms. The molecular weight excluding hydrogens is 250 g/mol. The number of carboxylic acids is 1. The summed E-state index contributed by atoms with van der Waals surface area (Å²) in [6.07, 6.45) is 4.18. The minimum absolute atomic E-state index is 0.448. The standard InChI is InChI=1S/C17H27NO2/c1-5-13(12-15(6-2)18(3)4)11-14-9-7-8-10-16(14)17(19)20/h7-10,13,15H,5-6,11-12H2,1-4H3,(H,19,20). The minimum atomic E-state index is -0.824. The number of rotatable bonds is 8. The van der Waals surface area contributed by atoms with Gasteiger partial charge in [-0.05, 0) is 50.9 Å². The summed E-state index contributed by atoms with van der Waals surface area (Å²) >= 11 is 0. The molecule has 1 rings (SSSR count). The van der Waals surface area contributed by atoms with Crippen LogP contribution >= 0.6 is 0 Å². The summed E-state index contributed by atoms with van der Waals surface area (Å²) in [5.41, 5.74) is 1.41. The summed E-state index contributed by atoms with van der Waals surface area (Å²) in [6, 6.07) is 7.94. The first-order valence-electron chi connectivity index (χ1n) is 7.47. The van der Waals surface area contributed by atoms with Gasteiger partial charge in [-0.3, -0.25) is 0 Å². The Bertz CT molecular complexity index is 429. The number of carbonyl (C=O) groups is 1. The molecule has 0 radical (unpaired) electrons. The van der Waals surface area contributed by atoms with Crippen LogP contribution in [0, 0.1) is 5.92 Å². The molecule has 0 bridgehead atoms.